The standard InChI is InChI=1S/C11H11FN2S3/c12-8-1-3-9(4-2-8)15-5-6-16-10-7-14-11(13)17-10/h1-4,7H,5-6H2,(H2,13,14). The van der Waals surface area contributed by atoms with Crippen LogP contribution >= 0.6 is 34.9 Å². The molecule has 0 saturated heterocycles. The van der Waals surface area contributed by atoms with Crippen molar-refractivity contribution < 1.29 is 4.39 Å². The van der Waals surface area contributed by atoms with Gasteiger partial charge in [0.05, 0.1) is 10.4 Å². The molecule has 0 aliphatic heterocycles. The Labute approximate surface area is 112 Å². The average molecular weight is 286 g/mol. The molecule has 2 rings (SSSR count). The summed E-state index contributed by atoms with van der Waals surface area (Å²) in [4.78, 5) is 5.08. The molecule has 0 aliphatic rings. The highest BCUT2D eigenvalue weighted by molar-refractivity contribution is 8.04. The second-order valence-corrected chi connectivity index (χ2v) is 6.79. The Morgan fingerprint density at radius 2 is 1.88 bits per heavy atom. The van der Waals surface area contributed by atoms with Crippen LogP contribution < -0.4 is 5.73 Å². The molecule has 17 heavy (non-hydrogen) atoms. The Kier molecular flexibility index (Phi) is 4.70. The van der Waals surface area contributed by atoms with Crippen LogP contribution in [0.25, 0.3) is 0 Å². The van der Waals surface area contributed by atoms with Crippen molar-refractivity contribution in [2.24, 2.45) is 0 Å². The van der Waals surface area contributed by atoms with Crippen molar-refractivity contribution in [1.82, 2.24) is 4.98 Å². The Bertz CT molecular complexity index is 470. The van der Waals surface area contributed by atoms with Gasteiger partial charge in [0.25, 0.3) is 0 Å². The van der Waals surface area contributed by atoms with Crippen molar-refractivity contribution in [3.05, 3.63) is 36.3 Å². The number of nitrogens with two attached hydrogens (primary N) is 1. The summed E-state index contributed by atoms with van der Waals surface area (Å²) in [6.45, 7) is 0. The Morgan fingerprint density at radius 3 is 2.53 bits per heavy atom. The number of hydrogen-bond acceptors (Lipinski definition) is 5. The number of nitrogen functional groups attached to an aromatic ring is 1. The first-order valence-electron chi connectivity index (χ1n) is 4.96. The van der Waals surface area contributed by atoms with Crippen molar-refractivity contribution in [3.8, 4) is 0 Å². The van der Waals surface area contributed by atoms with Gasteiger partial charge in [-0.1, -0.05) is 11.3 Å². The molecular weight excluding hydrogens is 275 g/mol. The third-order valence-corrected chi connectivity index (χ3v) is 5.21. The quantitative estimate of drug-likeness (QED) is 0.671. The van der Waals surface area contributed by atoms with E-state index in [0.29, 0.717) is 5.13 Å². The largest absolute Gasteiger partial charge is 0.375 e. The predicted molar refractivity (Wildman–Crippen MR) is 74.4 cm³/mol. The van der Waals surface area contributed by atoms with Crippen LogP contribution in [-0.2, 0) is 0 Å². The zero-order chi connectivity index (χ0) is 12.1. The maximum absolute atomic E-state index is 12.7. The molecule has 2 N–H and O–H groups in total. The predicted octanol–water partition coefficient (Wildman–Crippen LogP) is 3.75. The lowest BCUT2D eigenvalue weighted by atomic mass is 10.4. The first-order valence-corrected chi connectivity index (χ1v) is 7.75. The summed E-state index contributed by atoms with van der Waals surface area (Å²) in [5, 5.41) is 0.610. The Morgan fingerprint density at radius 1 is 1.18 bits per heavy atom. The molecule has 0 aliphatic carbocycles. The molecule has 90 valence electrons. The van der Waals surface area contributed by atoms with Crippen molar-refractivity contribution in [1.29, 1.82) is 0 Å². The number of benzene rings is 1. The van der Waals surface area contributed by atoms with E-state index in [0.717, 1.165) is 20.6 Å². The third kappa shape index (κ3) is 4.22. The zero-order valence-corrected chi connectivity index (χ0v) is 11.4. The summed E-state index contributed by atoms with van der Waals surface area (Å²) in [7, 11) is 0. The highest BCUT2D eigenvalue weighted by Crippen LogP contribution is 2.28. The van der Waals surface area contributed by atoms with Crippen LogP contribution in [-0.4, -0.2) is 16.5 Å². The number of anilines is 1. The topological polar surface area (TPSA) is 38.9 Å². The SMILES string of the molecule is Nc1ncc(SCCSc2ccc(F)cc2)s1. The average Bonchev–Trinajstić information content (AvgIpc) is 2.73. The lowest BCUT2D eigenvalue weighted by Gasteiger charge is -2.00. The Hall–Kier alpha value is -0.720. The summed E-state index contributed by atoms with van der Waals surface area (Å²) in [6.07, 6.45) is 1.80. The molecule has 2 nitrogen and oxygen atoms in total. The molecule has 0 fully saturated rings. The van der Waals surface area contributed by atoms with E-state index in [4.69, 9.17) is 5.73 Å². The number of aromatic nitrogens is 1. The van der Waals surface area contributed by atoms with Crippen LogP contribution in [0.5, 0.6) is 0 Å². The fourth-order valence-corrected chi connectivity index (χ4v) is 3.89. The minimum atomic E-state index is -0.191. The van der Waals surface area contributed by atoms with Crippen LogP contribution in [0.1, 0.15) is 0 Å². The highest BCUT2D eigenvalue weighted by Gasteiger charge is 2.00. The first kappa shape index (κ1) is 12.7. The van der Waals surface area contributed by atoms with Crippen LogP contribution in [0.3, 0.4) is 0 Å². The number of halogens is 1. The van der Waals surface area contributed by atoms with Gasteiger partial charge in [0, 0.05) is 16.4 Å². The van der Waals surface area contributed by atoms with E-state index in [-0.39, 0.29) is 5.82 Å². The van der Waals surface area contributed by atoms with Gasteiger partial charge in [0.2, 0.25) is 0 Å². The maximum Gasteiger partial charge on any atom is 0.181 e. The maximum atomic E-state index is 12.7. The van der Waals surface area contributed by atoms with Crippen LogP contribution in [0.4, 0.5) is 9.52 Å². The molecule has 1 aromatic carbocycles. The molecule has 2 aromatic rings. The van der Waals surface area contributed by atoms with E-state index < -0.39 is 0 Å². The van der Waals surface area contributed by atoms with Crippen molar-refractivity contribution >= 4 is 40.0 Å². The van der Waals surface area contributed by atoms with Gasteiger partial charge in [-0.15, -0.1) is 23.5 Å². The van der Waals surface area contributed by atoms with Crippen molar-refractivity contribution in [3.63, 3.8) is 0 Å². The molecule has 0 atom stereocenters. The van der Waals surface area contributed by atoms with E-state index in [9.17, 15) is 4.39 Å². The van der Waals surface area contributed by atoms with Crippen LogP contribution in [0, 0.1) is 5.82 Å². The van der Waals surface area contributed by atoms with Crippen LogP contribution in [0.15, 0.2) is 39.6 Å². The van der Waals surface area contributed by atoms with Gasteiger partial charge in [-0.2, -0.15) is 0 Å². The van der Waals surface area contributed by atoms with E-state index in [2.05, 4.69) is 4.98 Å². The van der Waals surface area contributed by atoms with Gasteiger partial charge in [-0.25, -0.2) is 9.37 Å². The molecule has 0 unspecified atom stereocenters. The van der Waals surface area contributed by atoms with Gasteiger partial charge in [-0.05, 0) is 24.3 Å². The fourth-order valence-electron chi connectivity index (χ4n) is 1.17. The Balaban J connectivity index is 1.71. The third-order valence-electron chi connectivity index (χ3n) is 1.91. The monoisotopic (exact) mass is 286 g/mol. The second-order valence-electron chi connectivity index (χ2n) is 3.17. The first-order chi connectivity index (χ1) is 8.24. The smallest absolute Gasteiger partial charge is 0.181 e. The fraction of sp³-hybridized carbons (Fsp3) is 0.182. The van der Waals surface area contributed by atoms with Gasteiger partial charge >= 0.3 is 0 Å². The highest BCUT2D eigenvalue weighted by atomic mass is 32.2. The molecule has 0 radical (unpaired) electrons. The lowest BCUT2D eigenvalue weighted by molar-refractivity contribution is 0.626. The van der Waals surface area contributed by atoms with Crippen molar-refractivity contribution in [2.75, 3.05) is 17.2 Å². The van der Waals surface area contributed by atoms with E-state index in [1.165, 1.54) is 23.5 Å². The van der Waals surface area contributed by atoms with Gasteiger partial charge in [-0.3, -0.25) is 0 Å². The molecule has 0 bridgehead atoms. The van der Waals surface area contributed by atoms with Gasteiger partial charge < -0.3 is 5.73 Å². The zero-order valence-electron chi connectivity index (χ0n) is 8.93. The van der Waals surface area contributed by atoms with Gasteiger partial charge in [0.15, 0.2) is 5.13 Å². The van der Waals surface area contributed by atoms with E-state index >= 15 is 0 Å². The number of hydrogen-bond donors (Lipinski definition) is 1. The van der Waals surface area contributed by atoms with Gasteiger partial charge in [0.1, 0.15) is 5.82 Å². The molecular formula is C11H11FN2S3. The van der Waals surface area contributed by atoms with Crippen LogP contribution in [0.2, 0.25) is 0 Å². The summed E-state index contributed by atoms with van der Waals surface area (Å²) in [5.41, 5.74) is 5.54. The normalized spacial score (nSPS) is 10.6. The summed E-state index contributed by atoms with van der Waals surface area (Å²) in [6, 6.07) is 6.57. The van der Waals surface area contributed by atoms with E-state index in [1.54, 1.807) is 41.9 Å². The summed E-state index contributed by atoms with van der Waals surface area (Å²) >= 11 is 4.97. The number of thiazole rings is 1. The van der Waals surface area contributed by atoms with Crippen molar-refractivity contribution in [2.45, 2.75) is 9.10 Å². The minimum Gasteiger partial charge on any atom is -0.375 e. The molecule has 1 aromatic heterocycles. The molecule has 0 saturated carbocycles. The molecule has 1 heterocycles. The molecule has 6 heteroatoms. The molecule has 0 spiro atoms. The van der Waals surface area contributed by atoms with E-state index in [1.807, 2.05) is 0 Å². The lowest BCUT2D eigenvalue weighted by Crippen LogP contribution is -1.83. The number of nitrogens with zero attached hydrogens (tertiary/aromatic N) is 1. The number of thioether (sulfide) groups is 2. The molecule has 0 amide bonds. The minimum absolute atomic E-state index is 0.191. The number of rotatable bonds is 5. The summed E-state index contributed by atoms with van der Waals surface area (Å²) in [5.74, 6) is 1.78. The summed E-state index contributed by atoms with van der Waals surface area (Å²) < 4.78 is 13.8. The second kappa shape index (κ2) is 6.28.